The molecule has 0 saturated carbocycles. The Labute approximate surface area is 180 Å². The summed E-state index contributed by atoms with van der Waals surface area (Å²) in [7, 11) is -3.56. The van der Waals surface area contributed by atoms with E-state index < -0.39 is 10.0 Å². The van der Waals surface area contributed by atoms with Crippen molar-refractivity contribution in [3.05, 3.63) is 52.0 Å². The molecule has 0 N–H and O–H groups in total. The van der Waals surface area contributed by atoms with Crippen LogP contribution in [0.1, 0.15) is 29.5 Å². The second kappa shape index (κ2) is 7.87. The highest BCUT2D eigenvalue weighted by molar-refractivity contribution is 7.89. The molecule has 2 aromatic carbocycles. The van der Waals surface area contributed by atoms with Crippen molar-refractivity contribution in [3.8, 4) is 5.19 Å². The Morgan fingerprint density at radius 2 is 1.79 bits per heavy atom. The van der Waals surface area contributed by atoms with E-state index in [9.17, 15) is 8.42 Å². The van der Waals surface area contributed by atoms with Gasteiger partial charge in [-0.1, -0.05) is 41.1 Å². The number of hydrogen-bond acceptors (Lipinski definition) is 5. The van der Waals surface area contributed by atoms with Crippen LogP contribution >= 0.6 is 22.9 Å². The highest BCUT2D eigenvalue weighted by atomic mass is 35.5. The maximum atomic E-state index is 13.0. The van der Waals surface area contributed by atoms with Gasteiger partial charge in [0.05, 0.1) is 15.1 Å². The van der Waals surface area contributed by atoms with E-state index in [1.54, 1.807) is 36.5 Å². The van der Waals surface area contributed by atoms with E-state index in [0.29, 0.717) is 41.7 Å². The van der Waals surface area contributed by atoms with Gasteiger partial charge >= 0.3 is 0 Å². The maximum Gasteiger partial charge on any atom is 0.274 e. The van der Waals surface area contributed by atoms with E-state index in [0.717, 1.165) is 15.8 Å². The smallest absolute Gasteiger partial charge is 0.274 e. The maximum absolute atomic E-state index is 13.0. The van der Waals surface area contributed by atoms with Crippen molar-refractivity contribution >= 4 is 43.2 Å². The van der Waals surface area contributed by atoms with Crippen molar-refractivity contribution in [1.29, 1.82) is 0 Å². The third kappa shape index (κ3) is 3.89. The molecule has 5 nitrogen and oxygen atoms in total. The van der Waals surface area contributed by atoms with Gasteiger partial charge in [-0.15, -0.1) is 0 Å². The molecule has 29 heavy (non-hydrogen) atoms. The van der Waals surface area contributed by atoms with Gasteiger partial charge in [0.15, 0.2) is 0 Å². The lowest BCUT2D eigenvalue weighted by molar-refractivity contribution is 0.135. The molecule has 0 atom stereocenters. The molecule has 8 heteroatoms. The summed E-state index contributed by atoms with van der Waals surface area (Å²) in [5, 5.41) is 1.12. The Kier molecular flexibility index (Phi) is 5.59. The molecule has 0 bridgehead atoms. The quantitative estimate of drug-likeness (QED) is 0.554. The van der Waals surface area contributed by atoms with E-state index >= 15 is 0 Å². The van der Waals surface area contributed by atoms with E-state index in [1.807, 2.05) is 6.92 Å². The van der Waals surface area contributed by atoms with Crippen molar-refractivity contribution in [2.45, 2.75) is 44.6 Å². The minimum atomic E-state index is -3.56. The van der Waals surface area contributed by atoms with Gasteiger partial charge in [-0.3, -0.25) is 0 Å². The van der Waals surface area contributed by atoms with Crippen LogP contribution < -0.4 is 4.74 Å². The fourth-order valence-electron chi connectivity index (χ4n) is 3.63. The lowest BCUT2D eigenvalue weighted by atomic mass is 10.1. The summed E-state index contributed by atoms with van der Waals surface area (Å²) in [5.74, 6) is 0. The Morgan fingerprint density at radius 1 is 1.10 bits per heavy atom. The number of aromatic nitrogens is 1. The summed E-state index contributed by atoms with van der Waals surface area (Å²) in [6.07, 6.45) is 1.22. The number of ether oxygens (including phenoxy) is 1. The first-order valence-corrected chi connectivity index (χ1v) is 12.2. The number of halogens is 1. The Hall–Kier alpha value is -1.67. The number of rotatable bonds is 4. The molecular weight excluding hydrogens is 428 g/mol. The average Bonchev–Trinajstić information content (AvgIpc) is 3.12. The number of piperidine rings is 1. The van der Waals surface area contributed by atoms with Gasteiger partial charge < -0.3 is 4.74 Å². The predicted octanol–water partition coefficient (Wildman–Crippen LogP) is 5.11. The number of benzene rings is 2. The molecule has 1 aliphatic heterocycles. The lowest BCUT2D eigenvalue weighted by Gasteiger charge is -2.31. The van der Waals surface area contributed by atoms with Crippen LogP contribution in [0.2, 0.25) is 5.02 Å². The number of sulfonamides is 1. The molecule has 1 aliphatic rings. The van der Waals surface area contributed by atoms with Crippen LogP contribution in [0.3, 0.4) is 0 Å². The molecule has 1 aromatic heterocycles. The number of thiazole rings is 1. The second-order valence-electron chi connectivity index (χ2n) is 7.44. The SMILES string of the molecule is Cc1c(Cl)cccc1S(=O)(=O)N1CCC(Oc2nc3c(C)ccc(C)c3s2)CC1. The molecule has 1 saturated heterocycles. The number of hydrogen-bond donors (Lipinski definition) is 0. The second-order valence-corrected chi connectivity index (χ2v) is 10.7. The summed E-state index contributed by atoms with van der Waals surface area (Å²) >= 11 is 7.68. The van der Waals surface area contributed by atoms with Crippen molar-refractivity contribution < 1.29 is 13.2 Å². The number of nitrogens with zero attached hydrogens (tertiary/aromatic N) is 2. The van der Waals surface area contributed by atoms with Gasteiger partial charge in [-0.2, -0.15) is 4.31 Å². The monoisotopic (exact) mass is 450 g/mol. The van der Waals surface area contributed by atoms with Gasteiger partial charge in [-0.25, -0.2) is 13.4 Å². The first-order chi connectivity index (χ1) is 13.8. The summed E-state index contributed by atoms with van der Waals surface area (Å²) in [5.41, 5.74) is 3.90. The zero-order valence-corrected chi connectivity index (χ0v) is 19.0. The zero-order chi connectivity index (χ0) is 20.8. The summed E-state index contributed by atoms with van der Waals surface area (Å²) in [6, 6.07) is 9.17. The van der Waals surface area contributed by atoms with E-state index in [-0.39, 0.29) is 11.0 Å². The molecule has 4 rings (SSSR count). The van der Waals surface area contributed by atoms with E-state index in [4.69, 9.17) is 16.3 Å². The summed E-state index contributed by atoms with van der Waals surface area (Å²) in [4.78, 5) is 4.93. The molecule has 0 aliphatic carbocycles. The molecule has 3 aromatic rings. The predicted molar refractivity (Wildman–Crippen MR) is 118 cm³/mol. The van der Waals surface area contributed by atoms with Gasteiger partial charge in [0.25, 0.3) is 5.19 Å². The highest BCUT2D eigenvalue weighted by Gasteiger charge is 2.31. The van der Waals surface area contributed by atoms with Crippen LogP contribution in [-0.4, -0.2) is 36.9 Å². The Bertz CT molecular complexity index is 1130. The van der Waals surface area contributed by atoms with Crippen LogP contribution in [0.4, 0.5) is 0 Å². The van der Waals surface area contributed by atoms with Gasteiger partial charge in [0, 0.05) is 18.1 Å². The molecule has 2 heterocycles. The van der Waals surface area contributed by atoms with Gasteiger partial charge in [0.2, 0.25) is 10.0 Å². The molecular formula is C21H23ClN2O3S2. The average molecular weight is 451 g/mol. The van der Waals surface area contributed by atoms with E-state index in [1.165, 1.54) is 9.87 Å². The van der Waals surface area contributed by atoms with Crippen molar-refractivity contribution in [2.24, 2.45) is 0 Å². The lowest BCUT2D eigenvalue weighted by Crippen LogP contribution is -2.41. The summed E-state index contributed by atoms with van der Waals surface area (Å²) < 4.78 is 34.9. The van der Waals surface area contributed by atoms with Gasteiger partial charge in [-0.05, 0) is 62.4 Å². The fourth-order valence-corrected chi connectivity index (χ4v) is 6.60. The Morgan fingerprint density at radius 3 is 2.48 bits per heavy atom. The van der Waals surface area contributed by atoms with E-state index in [2.05, 4.69) is 24.0 Å². The van der Waals surface area contributed by atoms with Crippen molar-refractivity contribution in [2.75, 3.05) is 13.1 Å². The molecule has 0 spiro atoms. The number of fused-ring (bicyclic) bond motifs is 1. The summed E-state index contributed by atoms with van der Waals surface area (Å²) in [6.45, 7) is 6.70. The normalized spacial score (nSPS) is 16.4. The van der Waals surface area contributed by atoms with Crippen LogP contribution in [0.25, 0.3) is 10.2 Å². The molecule has 1 fully saturated rings. The first kappa shape index (κ1) is 20.6. The number of aryl methyl sites for hydroxylation is 2. The van der Waals surface area contributed by atoms with Crippen molar-refractivity contribution in [3.63, 3.8) is 0 Å². The minimum Gasteiger partial charge on any atom is -0.467 e. The largest absolute Gasteiger partial charge is 0.467 e. The first-order valence-electron chi connectivity index (χ1n) is 9.56. The standard InChI is InChI=1S/C21H23ClN2O3S2/c1-13-7-8-14(2)20-19(13)23-21(28-20)27-16-9-11-24(12-10-16)29(25,26)18-6-4-5-17(22)15(18)3/h4-8,16H,9-12H2,1-3H3. The van der Waals surface area contributed by atoms with Crippen LogP contribution in [0.15, 0.2) is 35.2 Å². The minimum absolute atomic E-state index is 0.0388. The van der Waals surface area contributed by atoms with Crippen LogP contribution in [0, 0.1) is 20.8 Å². The Balaban J connectivity index is 1.46. The highest BCUT2D eigenvalue weighted by Crippen LogP contribution is 2.34. The van der Waals surface area contributed by atoms with Crippen LogP contribution in [0.5, 0.6) is 5.19 Å². The third-order valence-corrected chi connectivity index (χ3v) is 8.96. The van der Waals surface area contributed by atoms with Crippen molar-refractivity contribution in [1.82, 2.24) is 9.29 Å². The third-order valence-electron chi connectivity index (χ3n) is 5.43. The van der Waals surface area contributed by atoms with Crippen LogP contribution in [-0.2, 0) is 10.0 Å². The van der Waals surface area contributed by atoms with Gasteiger partial charge in [0.1, 0.15) is 6.10 Å². The topological polar surface area (TPSA) is 59.5 Å². The fraction of sp³-hybridized carbons (Fsp3) is 0.381. The molecule has 0 radical (unpaired) electrons. The molecule has 0 unspecified atom stereocenters. The molecule has 0 amide bonds. The molecule has 154 valence electrons. The zero-order valence-electron chi connectivity index (χ0n) is 16.6.